The molecule has 7 heteroatoms. The third kappa shape index (κ3) is 9.14. The van der Waals surface area contributed by atoms with Gasteiger partial charge in [-0.3, -0.25) is 9.59 Å². The number of likely N-dealkylation sites (N-methyl/N-ethyl adjacent to an activating group) is 1. The van der Waals surface area contributed by atoms with Gasteiger partial charge in [0.25, 0.3) is 0 Å². The smallest absolute Gasteiger partial charge is 0.408 e. The van der Waals surface area contributed by atoms with Crippen LogP contribution < -0.4 is 10.6 Å². The topological polar surface area (TPSA) is 87.7 Å². The zero-order chi connectivity index (χ0) is 26.9. The summed E-state index contributed by atoms with van der Waals surface area (Å²) in [4.78, 5) is 41.8. The number of nitrogens with zero attached hydrogens (tertiary/aromatic N) is 1. The lowest BCUT2D eigenvalue weighted by molar-refractivity contribution is -0.142. The van der Waals surface area contributed by atoms with Gasteiger partial charge in [0.15, 0.2) is 0 Å². The maximum Gasteiger partial charge on any atom is 0.408 e. The summed E-state index contributed by atoms with van der Waals surface area (Å²) in [5.74, 6) is -0.284. The number of ether oxygens (including phenoxy) is 1. The molecule has 2 atom stereocenters. The van der Waals surface area contributed by atoms with E-state index in [1.54, 1.807) is 25.7 Å². The highest BCUT2D eigenvalue weighted by molar-refractivity contribution is 5.92. The first-order valence-corrected chi connectivity index (χ1v) is 13.6. The number of benzene rings is 1. The highest BCUT2D eigenvalue weighted by Crippen LogP contribution is 2.26. The number of hydrogen-bond acceptors (Lipinski definition) is 4. The molecule has 1 aliphatic carbocycles. The molecule has 2 rings (SSSR count). The van der Waals surface area contributed by atoms with Gasteiger partial charge < -0.3 is 20.3 Å². The van der Waals surface area contributed by atoms with Gasteiger partial charge in [-0.15, -0.1) is 0 Å². The first-order valence-electron chi connectivity index (χ1n) is 13.6. The molecule has 1 fully saturated rings. The fraction of sp³-hybridized carbons (Fsp3) is 0.690. The number of hydrogen-bond donors (Lipinski definition) is 2. The number of alkyl carbamates (subject to hydrolysis) is 1. The van der Waals surface area contributed by atoms with Crippen LogP contribution >= 0.6 is 0 Å². The fourth-order valence-corrected chi connectivity index (χ4v) is 4.74. The predicted molar refractivity (Wildman–Crippen MR) is 144 cm³/mol. The summed E-state index contributed by atoms with van der Waals surface area (Å²) in [7, 11) is 0. The zero-order valence-electron chi connectivity index (χ0n) is 23.4. The van der Waals surface area contributed by atoms with E-state index in [9.17, 15) is 14.4 Å². The molecule has 2 N–H and O–H groups in total. The summed E-state index contributed by atoms with van der Waals surface area (Å²) in [6.45, 7) is 13.7. The molecule has 1 aromatic carbocycles. The number of aryl methyl sites for hydroxylation is 1. The van der Waals surface area contributed by atoms with Crippen LogP contribution in [-0.4, -0.2) is 47.0 Å². The lowest BCUT2D eigenvalue weighted by Crippen LogP contribution is -2.54. The molecule has 202 valence electrons. The number of nitrogens with one attached hydrogen (secondary N) is 2. The minimum atomic E-state index is -0.792. The van der Waals surface area contributed by atoms with Gasteiger partial charge in [-0.25, -0.2) is 4.79 Å². The van der Waals surface area contributed by atoms with Crippen LogP contribution in [0.2, 0.25) is 0 Å². The minimum Gasteiger partial charge on any atom is -0.444 e. The normalized spacial score (nSPS) is 16.2. The molecule has 0 aliphatic heterocycles. The van der Waals surface area contributed by atoms with E-state index in [1.807, 2.05) is 45.0 Å². The van der Waals surface area contributed by atoms with E-state index in [-0.39, 0.29) is 23.8 Å². The van der Waals surface area contributed by atoms with Gasteiger partial charge in [-0.2, -0.15) is 0 Å². The van der Waals surface area contributed by atoms with E-state index in [2.05, 4.69) is 17.6 Å². The molecule has 0 bridgehead atoms. The lowest BCUT2D eigenvalue weighted by Gasteiger charge is -2.35. The number of carbonyl (C=O) groups is 3. The molecule has 0 heterocycles. The van der Waals surface area contributed by atoms with Crippen LogP contribution in [0.25, 0.3) is 0 Å². The van der Waals surface area contributed by atoms with Gasteiger partial charge in [-0.05, 0) is 70.4 Å². The summed E-state index contributed by atoms with van der Waals surface area (Å²) in [6, 6.07) is 6.48. The monoisotopic (exact) mass is 501 g/mol. The Morgan fingerprint density at radius 1 is 1.03 bits per heavy atom. The third-order valence-corrected chi connectivity index (χ3v) is 6.54. The van der Waals surface area contributed by atoms with Crippen LogP contribution in [0, 0.1) is 5.92 Å². The van der Waals surface area contributed by atoms with Gasteiger partial charge in [-0.1, -0.05) is 64.3 Å². The number of rotatable bonds is 10. The summed E-state index contributed by atoms with van der Waals surface area (Å²) in [5, 5.41) is 6.00. The molecule has 2 unspecified atom stereocenters. The van der Waals surface area contributed by atoms with Crippen LogP contribution in [0.3, 0.4) is 0 Å². The highest BCUT2D eigenvalue weighted by atomic mass is 16.6. The van der Waals surface area contributed by atoms with Crippen LogP contribution in [0.5, 0.6) is 0 Å². The quantitative estimate of drug-likeness (QED) is 0.441. The molecule has 1 aromatic rings. The van der Waals surface area contributed by atoms with Crippen molar-refractivity contribution >= 4 is 17.9 Å². The van der Waals surface area contributed by atoms with Gasteiger partial charge >= 0.3 is 6.09 Å². The second-order valence-corrected chi connectivity index (χ2v) is 11.3. The van der Waals surface area contributed by atoms with Crippen molar-refractivity contribution in [2.45, 2.75) is 117 Å². The molecule has 1 aliphatic rings. The molecule has 0 radical (unpaired) electrons. The summed E-state index contributed by atoms with van der Waals surface area (Å²) >= 11 is 0. The molecule has 3 amide bonds. The molecule has 0 saturated heterocycles. The highest BCUT2D eigenvalue weighted by Gasteiger charge is 2.36. The molecule has 0 aromatic heterocycles. The van der Waals surface area contributed by atoms with Crippen molar-refractivity contribution in [2.24, 2.45) is 5.92 Å². The van der Waals surface area contributed by atoms with Crippen molar-refractivity contribution in [1.82, 2.24) is 15.5 Å². The second-order valence-electron chi connectivity index (χ2n) is 11.3. The van der Waals surface area contributed by atoms with E-state index in [4.69, 9.17) is 4.74 Å². The average molecular weight is 502 g/mol. The third-order valence-electron chi connectivity index (χ3n) is 6.54. The lowest BCUT2D eigenvalue weighted by atomic mass is 9.94. The standard InChI is InChI=1S/C29H47N3O4/c1-8-21-15-17-22(18-16-21)25(26(33)30-23-13-11-10-12-14-23)32(9-2)27(34)24(19-20(3)4)31-28(35)36-29(5,6)7/h15-18,20,23-25H,8-14,19H2,1-7H3,(H,30,33)(H,31,35). The van der Waals surface area contributed by atoms with Gasteiger partial charge in [0.05, 0.1) is 0 Å². The van der Waals surface area contributed by atoms with Crippen molar-refractivity contribution < 1.29 is 19.1 Å². The van der Waals surface area contributed by atoms with Gasteiger partial charge in [0, 0.05) is 12.6 Å². The Morgan fingerprint density at radius 3 is 2.14 bits per heavy atom. The maximum absolute atomic E-state index is 13.9. The summed E-state index contributed by atoms with van der Waals surface area (Å²) in [6.07, 6.45) is 6.04. The van der Waals surface area contributed by atoms with Crippen molar-refractivity contribution in [2.75, 3.05) is 6.54 Å². The summed E-state index contributed by atoms with van der Waals surface area (Å²) < 4.78 is 5.43. The fourth-order valence-electron chi connectivity index (χ4n) is 4.74. The van der Waals surface area contributed by atoms with Crippen LogP contribution in [0.15, 0.2) is 24.3 Å². The molecule has 7 nitrogen and oxygen atoms in total. The number of amides is 3. The Balaban J connectivity index is 2.37. The molecule has 1 saturated carbocycles. The Labute approximate surface area is 217 Å². The van der Waals surface area contributed by atoms with Crippen LogP contribution in [0.4, 0.5) is 4.79 Å². The van der Waals surface area contributed by atoms with E-state index < -0.39 is 23.8 Å². The van der Waals surface area contributed by atoms with Crippen LogP contribution in [0.1, 0.15) is 104 Å². The van der Waals surface area contributed by atoms with Gasteiger partial charge in [0.1, 0.15) is 17.7 Å². The Kier molecular flexibility index (Phi) is 11.3. The molecule has 0 spiro atoms. The Bertz CT molecular complexity index is 854. The van der Waals surface area contributed by atoms with Crippen molar-refractivity contribution in [3.63, 3.8) is 0 Å². The molecular formula is C29H47N3O4. The van der Waals surface area contributed by atoms with E-state index in [1.165, 1.54) is 12.0 Å². The Morgan fingerprint density at radius 2 is 1.64 bits per heavy atom. The molecule has 36 heavy (non-hydrogen) atoms. The number of carbonyl (C=O) groups excluding carboxylic acids is 3. The minimum absolute atomic E-state index is 0.129. The Hall–Kier alpha value is -2.57. The van der Waals surface area contributed by atoms with E-state index >= 15 is 0 Å². The van der Waals surface area contributed by atoms with Crippen LogP contribution in [-0.2, 0) is 20.7 Å². The van der Waals surface area contributed by atoms with Crippen molar-refractivity contribution in [3.05, 3.63) is 35.4 Å². The largest absolute Gasteiger partial charge is 0.444 e. The predicted octanol–water partition coefficient (Wildman–Crippen LogP) is 5.53. The van der Waals surface area contributed by atoms with E-state index in [0.717, 1.165) is 37.7 Å². The van der Waals surface area contributed by atoms with Gasteiger partial charge in [0.2, 0.25) is 11.8 Å². The maximum atomic E-state index is 13.9. The first kappa shape index (κ1) is 29.7. The second kappa shape index (κ2) is 13.7. The first-order chi connectivity index (χ1) is 16.9. The van der Waals surface area contributed by atoms with Crippen molar-refractivity contribution in [3.8, 4) is 0 Å². The molecular weight excluding hydrogens is 454 g/mol. The average Bonchev–Trinajstić information content (AvgIpc) is 2.80. The SMILES string of the molecule is CCc1ccc(C(C(=O)NC2CCCCC2)N(CC)C(=O)C(CC(C)C)NC(=O)OC(C)(C)C)cc1. The summed E-state index contributed by atoms with van der Waals surface area (Å²) in [5.41, 5.74) is 1.27. The zero-order valence-corrected chi connectivity index (χ0v) is 23.4. The van der Waals surface area contributed by atoms with Crippen molar-refractivity contribution in [1.29, 1.82) is 0 Å². The van der Waals surface area contributed by atoms with E-state index in [0.29, 0.717) is 13.0 Å².